The summed E-state index contributed by atoms with van der Waals surface area (Å²) in [5, 5.41) is 19.3. The number of nitrogens with zero attached hydrogens (tertiary/aromatic N) is 6. The van der Waals surface area contributed by atoms with Gasteiger partial charge in [0, 0.05) is 58.2 Å². The number of aromatic amines is 3. The molecule has 0 radical (unpaired) electrons. The number of Topliss-reactive ketones (excluding diaryl/α,β-unsaturated/α-hetero) is 1. The monoisotopic (exact) mass is 1350 g/mol. The van der Waals surface area contributed by atoms with E-state index in [1.807, 2.05) is 18.2 Å². The first-order chi connectivity index (χ1) is 43.5. The molecule has 1 amide bonds. The van der Waals surface area contributed by atoms with Crippen LogP contribution < -0.4 is 38.4 Å². The highest BCUT2D eigenvalue weighted by molar-refractivity contribution is 7.91. The minimum Gasteiger partial charge on any atom is -0.369 e. The molecule has 6 aromatic heterocycles. The summed E-state index contributed by atoms with van der Waals surface area (Å²) in [5.74, 6) is 1.59. The molecule has 5 fully saturated rings. The summed E-state index contributed by atoms with van der Waals surface area (Å²) < 4.78 is 78.6. The van der Waals surface area contributed by atoms with Gasteiger partial charge in [0.1, 0.15) is 32.2 Å². The van der Waals surface area contributed by atoms with Crippen LogP contribution in [-0.4, -0.2) is 100 Å². The first-order valence-corrected chi connectivity index (χ1v) is 36.7. The van der Waals surface area contributed by atoms with Gasteiger partial charge in [-0.2, -0.15) is 0 Å². The lowest BCUT2D eigenvalue weighted by molar-refractivity contribution is -0.120. The average Bonchev–Trinajstić information content (AvgIpc) is 1.37. The Hall–Kier alpha value is -8.11. The third-order valence-corrected chi connectivity index (χ3v) is 21.3. The number of sulfone groups is 3. The van der Waals surface area contributed by atoms with Gasteiger partial charge in [0.05, 0.1) is 54.5 Å². The standard InChI is InChI=1S/C23H26N4O4S.2C18H19ClN4O3S.C4H7NO/c1-27-23(29)21-18(11-16(24-22(21)26-27)12-19(28)14-6-7-14)25-17-9-8-15(13-4-3-5-13)10-20(17)32(2,30)31;2*1-23-18(24)16-13(9-15(19)21-17(16)22-23)20-12-7-6-11(10-4-3-5-10)8-14(12)27(2,25)26;5-4(6)3-1-2-3/h8-11,13-14H,3-7,12H2,1-2H3,(H2,24,25,26);2*6-10H,3-5H2,1-2H3,(H2,20,21,22);3H,1-2H2,(H2,5,6). The number of amides is 1. The molecule has 0 aliphatic heterocycles. The smallest absolute Gasteiger partial charge is 0.277 e. The summed E-state index contributed by atoms with van der Waals surface area (Å²) in [4.78, 5) is 73.2. The van der Waals surface area contributed by atoms with Gasteiger partial charge in [-0.15, -0.1) is 0 Å². The first-order valence-electron chi connectivity index (χ1n) is 30.2. The molecular weight excluding hydrogens is 1280 g/mol. The number of benzene rings is 3. The molecule has 14 rings (SSSR count). The van der Waals surface area contributed by atoms with E-state index in [1.165, 1.54) is 57.8 Å². The molecule has 0 saturated heterocycles. The number of carbonyl (C=O) groups is 2. The summed E-state index contributed by atoms with van der Waals surface area (Å²) in [7, 11) is -5.68. The number of pyridine rings is 3. The number of hydrogen-bond donors (Lipinski definition) is 7. The molecule has 486 valence electrons. The van der Waals surface area contributed by atoms with Crippen molar-refractivity contribution in [2.75, 3.05) is 34.7 Å². The highest BCUT2D eigenvalue weighted by atomic mass is 35.5. The van der Waals surface area contributed by atoms with Crippen molar-refractivity contribution in [2.45, 2.75) is 122 Å². The largest absolute Gasteiger partial charge is 0.369 e. The molecule has 0 atom stereocenters. The minimum absolute atomic E-state index is 0.106. The normalized spacial score (nSPS) is 16.0. The van der Waals surface area contributed by atoms with E-state index in [2.05, 4.69) is 46.2 Å². The number of nitrogens with two attached hydrogens (primary N) is 1. The van der Waals surface area contributed by atoms with E-state index in [0.29, 0.717) is 90.7 Å². The number of nitrogens with one attached hydrogen (secondary N) is 6. The van der Waals surface area contributed by atoms with Crippen molar-refractivity contribution in [3.05, 3.63) is 137 Å². The second-order valence-corrected chi connectivity index (χ2v) is 31.4. The van der Waals surface area contributed by atoms with Crippen LogP contribution in [0.3, 0.4) is 0 Å². The predicted molar refractivity (Wildman–Crippen MR) is 356 cm³/mol. The van der Waals surface area contributed by atoms with Gasteiger partial charge in [-0.3, -0.25) is 53.3 Å². The molecule has 0 bridgehead atoms. The fraction of sp³-hybridized carbons (Fsp3) is 0.397. The summed E-state index contributed by atoms with van der Waals surface area (Å²) in [5.41, 5.74) is 11.2. The number of aromatic nitrogens is 9. The zero-order valence-corrected chi connectivity index (χ0v) is 55.4. The Morgan fingerprint density at radius 1 is 0.478 bits per heavy atom. The van der Waals surface area contributed by atoms with E-state index in [4.69, 9.17) is 28.9 Å². The van der Waals surface area contributed by atoms with Crippen LogP contribution in [0.4, 0.5) is 34.1 Å². The number of aryl methyl sites for hydroxylation is 3. The van der Waals surface area contributed by atoms with Gasteiger partial charge in [0.2, 0.25) is 5.91 Å². The molecule has 5 saturated carbocycles. The molecule has 8 N–H and O–H groups in total. The quantitative estimate of drug-likeness (QED) is 0.0442. The van der Waals surface area contributed by atoms with Crippen LogP contribution in [0.2, 0.25) is 10.3 Å². The van der Waals surface area contributed by atoms with Gasteiger partial charge >= 0.3 is 0 Å². The van der Waals surface area contributed by atoms with Crippen LogP contribution in [0.1, 0.15) is 124 Å². The van der Waals surface area contributed by atoms with Crippen LogP contribution in [0.25, 0.3) is 33.1 Å². The second-order valence-electron chi connectivity index (χ2n) is 24.7. The lowest BCUT2D eigenvalue weighted by Crippen LogP contribution is -2.13. The van der Waals surface area contributed by atoms with E-state index in [9.17, 15) is 49.2 Å². The van der Waals surface area contributed by atoms with Crippen molar-refractivity contribution in [3.63, 3.8) is 0 Å². The number of anilines is 6. The average molecular weight is 1350 g/mol. The Kier molecular flexibility index (Phi) is 18.3. The zero-order valence-electron chi connectivity index (χ0n) is 51.4. The van der Waals surface area contributed by atoms with Gasteiger partial charge < -0.3 is 21.7 Å². The summed E-state index contributed by atoms with van der Waals surface area (Å²) in [6, 6.07) is 21.0. The summed E-state index contributed by atoms with van der Waals surface area (Å²) in [6.07, 6.45) is 17.6. The number of hydrogen-bond acceptors (Lipinski definition) is 17. The van der Waals surface area contributed by atoms with Crippen molar-refractivity contribution in [2.24, 2.45) is 38.7 Å². The number of fused-ring (bicyclic) bond motifs is 3. The fourth-order valence-electron chi connectivity index (χ4n) is 11.4. The maximum atomic E-state index is 12.7. The molecule has 5 aliphatic rings. The molecule has 24 nitrogen and oxygen atoms in total. The SMILES string of the molecule is Cn1[nH]c2nc(CC(=O)C3CC3)cc(Nc3ccc(C4CCC4)cc3S(C)(=O)=O)c2c1=O.Cn1[nH]c2nc(Cl)cc(Nc3ccc(C4CCC4)cc3S(C)(=O)=O)c2c1=O.Cn1[nH]c2nc(Cl)cc(Nc3ccc(C4CCC4)cc3S(C)(=O)=O)c2c1=O.NC(=O)C1CC1. The number of H-pyrrole nitrogens is 3. The van der Waals surface area contributed by atoms with Gasteiger partial charge in [-0.05, 0) is 153 Å². The molecular formula is C63H71Cl2N13O11S3. The third kappa shape index (κ3) is 14.4. The lowest BCUT2D eigenvalue weighted by atomic mass is 9.80. The van der Waals surface area contributed by atoms with Crippen molar-refractivity contribution in [1.29, 1.82) is 0 Å². The Labute approximate surface area is 539 Å². The highest BCUT2D eigenvalue weighted by Crippen LogP contribution is 2.43. The van der Waals surface area contributed by atoms with Crippen LogP contribution in [-0.2, 0) is 66.7 Å². The molecule has 0 spiro atoms. The van der Waals surface area contributed by atoms with E-state index in [1.54, 1.807) is 63.6 Å². The van der Waals surface area contributed by atoms with Crippen LogP contribution in [0, 0.1) is 11.8 Å². The second kappa shape index (κ2) is 25.8. The number of halogens is 2. The number of primary amides is 1. The maximum Gasteiger partial charge on any atom is 0.277 e. The van der Waals surface area contributed by atoms with Crippen molar-refractivity contribution >= 4 is 132 Å². The van der Waals surface area contributed by atoms with Gasteiger partial charge in [0.25, 0.3) is 16.7 Å². The van der Waals surface area contributed by atoms with Crippen LogP contribution >= 0.6 is 23.2 Å². The summed E-state index contributed by atoms with van der Waals surface area (Å²) >= 11 is 12.1. The molecule has 5 aliphatic carbocycles. The molecule has 3 aromatic carbocycles. The van der Waals surface area contributed by atoms with Gasteiger partial charge in [-0.1, -0.05) is 60.7 Å². The highest BCUT2D eigenvalue weighted by Gasteiger charge is 2.31. The molecule has 29 heteroatoms. The Bertz CT molecular complexity index is 4780. The van der Waals surface area contributed by atoms with Crippen molar-refractivity contribution < 1.29 is 34.8 Å². The number of carbonyl (C=O) groups excluding carboxylic acids is 2. The van der Waals surface area contributed by atoms with Crippen molar-refractivity contribution in [1.82, 2.24) is 44.3 Å². The third-order valence-electron chi connectivity index (χ3n) is 17.5. The van der Waals surface area contributed by atoms with Gasteiger partial charge in [0.15, 0.2) is 46.5 Å². The van der Waals surface area contributed by atoms with E-state index < -0.39 is 29.5 Å². The Balaban J connectivity index is 0.000000135. The topological polar surface area (TPSA) is 351 Å². The summed E-state index contributed by atoms with van der Waals surface area (Å²) in [6.45, 7) is 0. The lowest BCUT2D eigenvalue weighted by Gasteiger charge is -2.26. The maximum absolute atomic E-state index is 12.7. The van der Waals surface area contributed by atoms with E-state index >= 15 is 0 Å². The van der Waals surface area contributed by atoms with E-state index in [0.717, 1.165) is 87.3 Å². The van der Waals surface area contributed by atoms with E-state index in [-0.39, 0.29) is 71.6 Å². The molecule has 6 heterocycles. The molecule has 9 aromatic rings. The van der Waals surface area contributed by atoms with Crippen molar-refractivity contribution in [3.8, 4) is 0 Å². The Morgan fingerprint density at radius 2 is 0.793 bits per heavy atom. The number of rotatable bonds is 16. The zero-order chi connectivity index (χ0) is 65.9. The molecule has 92 heavy (non-hydrogen) atoms. The van der Waals surface area contributed by atoms with Crippen LogP contribution in [0.15, 0.2) is 102 Å². The first kappa shape index (κ1) is 65.4. The number of ketones is 1. The van der Waals surface area contributed by atoms with Gasteiger partial charge in [-0.25, -0.2) is 40.2 Å². The van der Waals surface area contributed by atoms with Crippen LogP contribution in [0.5, 0.6) is 0 Å². The molecule has 0 unspecified atom stereocenters. The fourth-order valence-corrected chi connectivity index (χ4v) is 14.4. The predicted octanol–water partition coefficient (Wildman–Crippen LogP) is 9.74. The minimum atomic E-state index is -3.51. The Morgan fingerprint density at radius 3 is 1.07 bits per heavy atom.